The number of nitrogens with zero attached hydrogens (tertiary/aromatic N) is 6. The second-order valence-electron chi connectivity index (χ2n) is 8.42. The lowest BCUT2D eigenvalue weighted by molar-refractivity contribution is 0.0988. The molecule has 3 aromatic heterocycles. The molecule has 0 aliphatic carbocycles. The molecular weight excluding hydrogens is 504 g/mol. The normalized spacial score (nSPS) is 11.2. The summed E-state index contributed by atoms with van der Waals surface area (Å²) in [7, 11) is 1.47. The van der Waals surface area contributed by atoms with E-state index in [4.69, 9.17) is 16.2 Å². The minimum atomic E-state index is -0.655. The minimum absolute atomic E-state index is 0.0724. The number of methoxy groups -OCH3 is 1. The summed E-state index contributed by atoms with van der Waals surface area (Å²) in [6, 6.07) is 7.85. The Kier molecular flexibility index (Phi) is 7.84. The highest BCUT2D eigenvalue weighted by Crippen LogP contribution is 2.31. The molecule has 6 N–H and O–H groups in total. The number of amides is 3. The highest BCUT2D eigenvalue weighted by Gasteiger charge is 2.21. The number of hydrogen-bond acceptors (Lipinski definition) is 9. The summed E-state index contributed by atoms with van der Waals surface area (Å²) in [4.78, 5) is 40.7. The first kappa shape index (κ1) is 26.8. The van der Waals surface area contributed by atoms with Gasteiger partial charge in [-0.3, -0.25) is 24.4 Å². The van der Waals surface area contributed by atoms with Crippen molar-refractivity contribution in [2.75, 3.05) is 24.3 Å². The van der Waals surface area contributed by atoms with Gasteiger partial charge in [-0.05, 0) is 44.2 Å². The van der Waals surface area contributed by atoms with Crippen LogP contribution in [0.1, 0.15) is 44.0 Å². The van der Waals surface area contributed by atoms with Crippen LogP contribution < -0.4 is 26.8 Å². The molecule has 39 heavy (non-hydrogen) atoms. The van der Waals surface area contributed by atoms with E-state index < -0.39 is 11.8 Å². The van der Waals surface area contributed by atoms with E-state index in [1.165, 1.54) is 19.2 Å². The monoisotopic (exact) mass is 532 g/mol. The number of nitrogens with one attached hydrogen (secondary N) is 2. The largest absolute Gasteiger partial charge is 0.494 e. The van der Waals surface area contributed by atoms with Crippen molar-refractivity contribution in [1.82, 2.24) is 29.5 Å². The lowest BCUT2D eigenvalue weighted by Gasteiger charge is -2.11. The van der Waals surface area contributed by atoms with E-state index in [-0.39, 0.29) is 23.1 Å². The molecule has 14 heteroatoms. The van der Waals surface area contributed by atoms with E-state index in [1.807, 2.05) is 26.0 Å². The van der Waals surface area contributed by atoms with Crippen molar-refractivity contribution in [2.45, 2.75) is 26.9 Å². The third kappa shape index (κ3) is 5.84. The Morgan fingerprint density at radius 2 is 1.87 bits per heavy atom. The molecule has 0 fully saturated rings. The number of carbonyl (C=O) groups excluding carboxylic acids is 3. The number of anilines is 2. The zero-order valence-electron chi connectivity index (χ0n) is 21.6. The van der Waals surface area contributed by atoms with E-state index in [2.05, 4.69) is 30.9 Å². The van der Waals surface area contributed by atoms with Crippen molar-refractivity contribution >= 4 is 40.5 Å². The zero-order valence-corrected chi connectivity index (χ0v) is 21.6. The number of ether oxygens (including phenoxy) is 1. The molecule has 0 bridgehead atoms. The van der Waals surface area contributed by atoms with Crippen molar-refractivity contribution in [2.24, 2.45) is 11.5 Å². The summed E-state index contributed by atoms with van der Waals surface area (Å²) >= 11 is 0. The maximum absolute atomic E-state index is 13.2. The van der Waals surface area contributed by atoms with Gasteiger partial charge in [0, 0.05) is 25.2 Å². The lowest BCUT2D eigenvalue weighted by atomic mass is 10.1. The molecule has 0 spiro atoms. The smallest absolute Gasteiger partial charge is 0.276 e. The first-order valence-corrected chi connectivity index (χ1v) is 12.0. The third-order valence-electron chi connectivity index (χ3n) is 5.74. The molecule has 0 aliphatic rings. The number of rotatable bonds is 11. The molecule has 1 aromatic carbocycles. The number of aromatic nitrogens is 6. The number of fused-ring (bicyclic) bond motifs is 1. The van der Waals surface area contributed by atoms with Gasteiger partial charge in [-0.15, -0.1) is 10.2 Å². The van der Waals surface area contributed by atoms with Gasteiger partial charge in [-0.2, -0.15) is 5.10 Å². The quantitative estimate of drug-likeness (QED) is 0.207. The molecule has 4 rings (SSSR count). The fourth-order valence-corrected chi connectivity index (χ4v) is 3.92. The van der Waals surface area contributed by atoms with Gasteiger partial charge in [0.25, 0.3) is 11.8 Å². The molecule has 4 aromatic rings. The van der Waals surface area contributed by atoms with Crippen molar-refractivity contribution in [1.29, 1.82) is 0 Å². The molecular formula is C25H28N10O4. The van der Waals surface area contributed by atoms with E-state index in [0.717, 1.165) is 0 Å². The summed E-state index contributed by atoms with van der Waals surface area (Å²) in [5.74, 6) is -0.574. The lowest BCUT2D eigenvalue weighted by Crippen LogP contribution is -2.20. The Bertz CT molecular complexity index is 1570. The van der Waals surface area contributed by atoms with Crippen LogP contribution in [0.25, 0.3) is 11.0 Å². The minimum Gasteiger partial charge on any atom is -0.494 e. The summed E-state index contributed by atoms with van der Waals surface area (Å²) in [5.41, 5.74) is 13.1. The predicted molar refractivity (Wildman–Crippen MR) is 144 cm³/mol. The number of nitrogens with two attached hydrogens (primary N) is 2. The van der Waals surface area contributed by atoms with Crippen LogP contribution in [-0.4, -0.2) is 60.9 Å². The maximum atomic E-state index is 13.2. The van der Waals surface area contributed by atoms with Gasteiger partial charge in [0.2, 0.25) is 11.9 Å². The summed E-state index contributed by atoms with van der Waals surface area (Å²) in [5, 5.41) is 17.9. The van der Waals surface area contributed by atoms with E-state index in [9.17, 15) is 14.4 Å². The van der Waals surface area contributed by atoms with Crippen LogP contribution in [-0.2, 0) is 13.1 Å². The standard InChI is InChI=1S/C25H28N10O4/c1-4-35-18(11-14(2)33-35)24(38)30-25-29-17-12-15(22(26)36)13-19(39-3)21(17)34(25)10-6-5-9-28-20-8-7-16(23(27)37)31-32-20/h5-8,11-13H,4,9-10H2,1-3H3,(H2,26,36)(H2,27,37)(H,28,32)(H,29,30,38). The number of allylic oxidation sites excluding steroid dienone is 1. The Morgan fingerprint density at radius 3 is 2.51 bits per heavy atom. The first-order valence-electron chi connectivity index (χ1n) is 12.0. The van der Waals surface area contributed by atoms with Gasteiger partial charge in [-0.1, -0.05) is 12.2 Å². The number of benzene rings is 1. The summed E-state index contributed by atoms with van der Waals surface area (Å²) < 4.78 is 8.90. The number of hydrogen-bond donors (Lipinski definition) is 4. The van der Waals surface area contributed by atoms with E-state index in [0.29, 0.717) is 53.6 Å². The molecule has 202 valence electrons. The van der Waals surface area contributed by atoms with Crippen LogP contribution >= 0.6 is 0 Å². The fraction of sp³-hybridized carbons (Fsp3) is 0.240. The molecule has 0 saturated carbocycles. The third-order valence-corrected chi connectivity index (χ3v) is 5.74. The van der Waals surface area contributed by atoms with Gasteiger partial charge in [0.15, 0.2) is 5.69 Å². The van der Waals surface area contributed by atoms with Crippen LogP contribution in [0.2, 0.25) is 0 Å². The van der Waals surface area contributed by atoms with Gasteiger partial charge < -0.3 is 26.1 Å². The van der Waals surface area contributed by atoms with Gasteiger partial charge in [0.1, 0.15) is 22.8 Å². The van der Waals surface area contributed by atoms with Crippen LogP contribution in [0, 0.1) is 6.92 Å². The topological polar surface area (TPSA) is 198 Å². The fourth-order valence-electron chi connectivity index (χ4n) is 3.92. The summed E-state index contributed by atoms with van der Waals surface area (Å²) in [6.07, 6.45) is 3.71. The SMILES string of the molecule is CCn1nc(C)cc1C(=O)Nc1nc2cc(C(N)=O)cc(OC)c2n1CC=CCNc1ccc(C(N)=O)nn1. The number of carbonyl (C=O) groups is 3. The predicted octanol–water partition coefficient (Wildman–Crippen LogP) is 1.48. The summed E-state index contributed by atoms with van der Waals surface area (Å²) in [6.45, 7) is 4.93. The maximum Gasteiger partial charge on any atom is 0.276 e. The Morgan fingerprint density at radius 1 is 1.08 bits per heavy atom. The average Bonchev–Trinajstić information content (AvgIpc) is 3.47. The van der Waals surface area contributed by atoms with Crippen molar-refractivity contribution < 1.29 is 19.1 Å². The van der Waals surface area contributed by atoms with Gasteiger partial charge in [0.05, 0.1) is 18.3 Å². The van der Waals surface area contributed by atoms with E-state index >= 15 is 0 Å². The van der Waals surface area contributed by atoms with Gasteiger partial charge in [-0.25, -0.2) is 4.98 Å². The van der Waals surface area contributed by atoms with Crippen LogP contribution in [0.3, 0.4) is 0 Å². The molecule has 0 saturated heterocycles. The Labute approximate surface area is 223 Å². The number of primary amides is 2. The molecule has 14 nitrogen and oxygen atoms in total. The first-order chi connectivity index (χ1) is 18.7. The number of aryl methyl sites for hydroxylation is 2. The highest BCUT2D eigenvalue weighted by atomic mass is 16.5. The van der Waals surface area contributed by atoms with Crippen molar-refractivity contribution in [3.63, 3.8) is 0 Å². The highest BCUT2D eigenvalue weighted by molar-refractivity contribution is 6.04. The van der Waals surface area contributed by atoms with Crippen LogP contribution in [0.4, 0.5) is 11.8 Å². The average molecular weight is 533 g/mol. The second kappa shape index (κ2) is 11.4. The van der Waals surface area contributed by atoms with Crippen molar-refractivity contribution in [3.05, 3.63) is 65.1 Å². The second-order valence-corrected chi connectivity index (χ2v) is 8.42. The van der Waals surface area contributed by atoms with Crippen LogP contribution in [0.5, 0.6) is 5.75 Å². The molecule has 0 aliphatic heterocycles. The molecule has 0 radical (unpaired) electrons. The van der Waals surface area contributed by atoms with Gasteiger partial charge >= 0.3 is 0 Å². The Balaban J connectivity index is 1.61. The molecule has 3 amide bonds. The Hall–Kier alpha value is -5.27. The molecule has 0 atom stereocenters. The van der Waals surface area contributed by atoms with E-state index in [1.54, 1.807) is 27.4 Å². The molecule has 3 heterocycles. The molecule has 0 unspecified atom stereocenters. The number of imidazole rings is 1. The van der Waals surface area contributed by atoms with Crippen LogP contribution in [0.15, 0.2) is 42.5 Å². The zero-order chi connectivity index (χ0) is 28.1. The van der Waals surface area contributed by atoms with Crippen molar-refractivity contribution in [3.8, 4) is 5.75 Å².